The van der Waals surface area contributed by atoms with Gasteiger partial charge in [0.15, 0.2) is 0 Å². The average molecular weight is 226 g/mol. The van der Waals surface area contributed by atoms with Crippen molar-refractivity contribution in [2.45, 2.75) is 19.2 Å². The van der Waals surface area contributed by atoms with Crippen LogP contribution in [0.2, 0.25) is 0 Å². The molecule has 0 aliphatic rings. The normalized spacial score (nSPS) is 13.0. The maximum absolute atomic E-state index is 5.87. The minimum atomic E-state index is 0.0667. The Bertz CT molecular complexity index is 464. The van der Waals surface area contributed by atoms with Gasteiger partial charge in [-0.1, -0.05) is 0 Å². The molecule has 0 saturated heterocycles. The molecule has 0 fully saturated rings. The maximum atomic E-state index is 5.87. The van der Waals surface area contributed by atoms with Crippen LogP contribution in [0.3, 0.4) is 0 Å². The van der Waals surface area contributed by atoms with Crippen LogP contribution in [0.15, 0.2) is 12.4 Å². The smallest absolute Gasteiger partial charge is 0.254 e. The highest BCUT2D eigenvalue weighted by molar-refractivity contribution is 6.20. The van der Waals surface area contributed by atoms with Crippen molar-refractivity contribution in [2.75, 3.05) is 11.9 Å². The Morgan fingerprint density at radius 2 is 2.40 bits per heavy atom. The van der Waals surface area contributed by atoms with E-state index in [1.54, 1.807) is 4.52 Å². The third kappa shape index (κ3) is 2.18. The number of fused-ring (bicyclic) bond motifs is 1. The molecule has 80 valence electrons. The molecule has 1 unspecified atom stereocenters. The van der Waals surface area contributed by atoms with Crippen molar-refractivity contribution < 1.29 is 0 Å². The number of aromatic nitrogens is 4. The first-order chi connectivity index (χ1) is 7.16. The van der Waals surface area contributed by atoms with Crippen molar-refractivity contribution >= 4 is 23.2 Å². The molecule has 0 amide bonds. The predicted octanol–water partition coefficient (Wildman–Crippen LogP) is 1.47. The quantitative estimate of drug-likeness (QED) is 0.804. The fraction of sp³-hybridized carbons (Fsp3) is 0.444. The number of rotatable bonds is 3. The van der Waals surface area contributed by atoms with E-state index in [9.17, 15) is 0 Å². The summed E-state index contributed by atoms with van der Waals surface area (Å²) in [5, 5.41) is 7.34. The lowest BCUT2D eigenvalue weighted by molar-refractivity contribution is 0.899. The van der Waals surface area contributed by atoms with Crippen molar-refractivity contribution in [3.8, 4) is 0 Å². The molecule has 15 heavy (non-hydrogen) atoms. The Labute approximate surface area is 92.5 Å². The van der Waals surface area contributed by atoms with Crippen LogP contribution in [0, 0.1) is 6.92 Å². The molecule has 1 atom stereocenters. The van der Waals surface area contributed by atoms with E-state index in [0.29, 0.717) is 12.3 Å². The van der Waals surface area contributed by atoms with Gasteiger partial charge >= 0.3 is 0 Å². The summed E-state index contributed by atoms with van der Waals surface area (Å²) in [6.45, 7) is 4.53. The van der Waals surface area contributed by atoms with Crippen molar-refractivity contribution in [3.05, 3.63) is 18.1 Å². The number of hydrogen-bond acceptors (Lipinski definition) is 4. The Kier molecular flexibility index (Phi) is 2.73. The second-order valence-corrected chi connectivity index (χ2v) is 4.16. The van der Waals surface area contributed by atoms with Crippen LogP contribution in [0.1, 0.15) is 12.6 Å². The Hall–Kier alpha value is -1.36. The molecule has 0 aromatic carbocycles. The molecule has 0 bridgehead atoms. The Morgan fingerprint density at radius 3 is 3.13 bits per heavy atom. The van der Waals surface area contributed by atoms with E-state index in [-0.39, 0.29) is 5.38 Å². The third-order valence-electron chi connectivity index (χ3n) is 1.94. The summed E-state index contributed by atoms with van der Waals surface area (Å²) in [4.78, 5) is 8.27. The molecule has 2 aromatic heterocycles. The lowest BCUT2D eigenvalue weighted by Crippen LogP contribution is -2.14. The minimum absolute atomic E-state index is 0.0667. The Morgan fingerprint density at radius 1 is 1.60 bits per heavy atom. The van der Waals surface area contributed by atoms with Crippen molar-refractivity contribution in [1.82, 2.24) is 19.6 Å². The van der Waals surface area contributed by atoms with Crippen molar-refractivity contribution in [3.63, 3.8) is 0 Å². The molecule has 2 aromatic rings. The van der Waals surface area contributed by atoms with E-state index in [0.717, 1.165) is 11.5 Å². The van der Waals surface area contributed by atoms with Gasteiger partial charge in [-0.05, 0) is 13.8 Å². The third-order valence-corrected chi connectivity index (χ3v) is 2.10. The zero-order chi connectivity index (χ0) is 10.8. The van der Waals surface area contributed by atoms with Gasteiger partial charge in [0.25, 0.3) is 5.78 Å². The Balaban J connectivity index is 2.35. The van der Waals surface area contributed by atoms with Gasteiger partial charge in [-0.15, -0.1) is 11.6 Å². The first-order valence-electron chi connectivity index (χ1n) is 4.72. The van der Waals surface area contributed by atoms with Crippen molar-refractivity contribution in [1.29, 1.82) is 0 Å². The minimum Gasteiger partial charge on any atom is -0.368 e. The molecule has 0 aliphatic carbocycles. The molecular formula is C9H12ClN5. The van der Waals surface area contributed by atoms with E-state index in [1.165, 1.54) is 6.33 Å². The van der Waals surface area contributed by atoms with Crippen LogP contribution >= 0.6 is 11.6 Å². The SMILES string of the molecule is Cc1cc(NCC(C)Cl)n2ncnc2n1. The average Bonchev–Trinajstić information content (AvgIpc) is 2.61. The summed E-state index contributed by atoms with van der Waals surface area (Å²) < 4.78 is 1.66. The van der Waals surface area contributed by atoms with E-state index in [4.69, 9.17) is 11.6 Å². The zero-order valence-corrected chi connectivity index (χ0v) is 9.36. The predicted molar refractivity (Wildman–Crippen MR) is 59.3 cm³/mol. The molecular weight excluding hydrogens is 214 g/mol. The number of aryl methyl sites for hydroxylation is 1. The first kappa shape index (κ1) is 10.2. The number of nitrogens with one attached hydrogen (secondary N) is 1. The molecule has 5 nitrogen and oxygen atoms in total. The van der Waals surface area contributed by atoms with Crippen LogP contribution in [-0.4, -0.2) is 31.5 Å². The number of alkyl halides is 1. The first-order valence-corrected chi connectivity index (χ1v) is 5.16. The maximum Gasteiger partial charge on any atom is 0.254 e. The lowest BCUT2D eigenvalue weighted by Gasteiger charge is -2.09. The van der Waals surface area contributed by atoms with Crippen LogP contribution in [0.4, 0.5) is 5.82 Å². The number of nitrogens with zero attached hydrogens (tertiary/aromatic N) is 4. The summed E-state index contributed by atoms with van der Waals surface area (Å²) >= 11 is 5.87. The van der Waals surface area contributed by atoms with Gasteiger partial charge in [0, 0.05) is 23.7 Å². The zero-order valence-electron chi connectivity index (χ0n) is 8.61. The van der Waals surface area contributed by atoms with Crippen LogP contribution in [0.5, 0.6) is 0 Å². The largest absolute Gasteiger partial charge is 0.368 e. The summed E-state index contributed by atoms with van der Waals surface area (Å²) in [7, 11) is 0. The van der Waals surface area contributed by atoms with Gasteiger partial charge < -0.3 is 5.32 Å². The van der Waals surface area contributed by atoms with E-state index < -0.39 is 0 Å². The number of halogens is 1. The van der Waals surface area contributed by atoms with Crippen molar-refractivity contribution in [2.24, 2.45) is 0 Å². The van der Waals surface area contributed by atoms with Gasteiger partial charge in [0.1, 0.15) is 12.1 Å². The van der Waals surface area contributed by atoms with Gasteiger partial charge in [-0.25, -0.2) is 4.98 Å². The number of anilines is 1. The monoisotopic (exact) mass is 225 g/mol. The standard InChI is InChI=1S/C9H12ClN5/c1-6(10)4-11-8-3-7(2)14-9-12-5-13-15(8)9/h3,5-6,11H,4H2,1-2H3. The van der Waals surface area contributed by atoms with Crippen LogP contribution < -0.4 is 5.32 Å². The van der Waals surface area contributed by atoms with Crippen LogP contribution in [0.25, 0.3) is 5.78 Å². The van der Waals surface area contributed by atoms with Gasteiger partial charge in [-0.3, -0.25) is 0 Å². The number of hydrogen-bond donors (Lipinski definition) is 1. The van der Waals surface area contributed by atoms with Crippen LogP contribution in [-0.2, 0) is 0 Å². The van der Waals surface area contributed by atoms with Gasteiger partial charge in [0.2, 0.25) is 0 Å². The molecule has 6 heteroatoms. The summed E-state index contributed by atoms with van der Waals surface area (Å²) in [5.74, 6) is 1.46. The second-order valence-electron chi connectivity index (χ2n) is 3.42. The fourth-order valence-electron chi connectivity index (χ4n) is 1.30. The molecule has 0 aliphatic heterocycles. The van der Waals surface area contributed by atoms with Gasteiger partial charge in [0.05, 0.1) is 0 Å². The summed E-state index contributed by atoms with van der Waals surface area (Å²) in [6.07, 6.45) is 1.48. The second kappa shape index (κ2) is 4.02. The molecule has 1 N–H and O–H groups in total. The fourth-order valence-corrected chi connectivity index (χ4v) is 1.38. The molecule has 2 heterocycles. The highest BCUT2D eigenvalue weighted by Crippen LogP contribution is 2.10. The van der Waals surface area contributed by atoms with Gasteiger partial charge in [-0.2, -0.15) is 14.6 Å². The summed E-state index contributed by atoms with van der Waals surface area (Å²) in [5.41, 5.74) is 0.903. The highest BCUT2D eigenvalue weighted by atomic mass is 35.5. The van der Waals surface area contributed by atoms with E-state index in [2.05, 4.69) is 20.4 Å². The lowest BCUT2D eigenvalue weighted by atomic mass is 10.4. The topological polar surface area (TPSA) is 55.1 Å². The molecule has 2 rings (SSSR count). The molecule has 0 saturated carbocycles. The van der Waals surface area contributed by atoms with E-state index in [1.807, 2.05) is 19.9 Å². The summed E-state index contributed by atoms with van der Waals surface area (Å²) in [6, 6.07) is 1.92. The van der Waals surface area contributed by atoms with E-state index >= 15 is 0 Å². The molecule has 0 radical (unpaired) electrons. The molecule has 0 spiro atoms. The highest BCUT2D eigenvalue weighted by Gasteiger charge is 2.05.